The summed E-state index contributed by atoms with van der Waals surface area (Å²) in [6, 6.07) is 6.28. The molecule has 1 amide bonds. The van der Waals surface area contributed by atoms with Crippen molar-refractivity contribution in [1.82, 2.24) is 5.32 Å². The molecule has 1 N–H and O–H groups in total. The van der Waals surface area contributed by atoms with Crippen molar-refractivity contribution in [1.29, 1.82) is 0 Å². The molecule has 3 aliphatic rings. The zero-order valence-corrected chi connectivity index (χ0v) is 25.6. The number of hydrogen-bond acceptors (Lipinski definition) is 3. The van der Waals surface area contributed by atoms with E-state index in [-0.39, 0.29) is 47.1 Å². The molecule has 2 aliphatic carbocycles. The SMILES string of the molecule is CC.O=C(N[C@@H]1CC[C@@]2(S(=O)c3ccc(F)cc3)c3ccc(C(F)(C(F)(F)F)C(F)(F)F)cc3CCC12)C1CCS(=O)CC1. The molecule has 2 aromatic carbocycles. The first-order valence-electron chi connectivity index (χ1n) is 14.4. The summed E-state index contributed by atoms with van der Waals surface area (Å²) < 4.78 is 134. The van der Waals surface area contributed by atoms with Crippen molar-refractivity contribution >= 4 is 27.5 Å². The third-order valence-corrected chi connectivity index (χ3v) is 12.3. The van der Waals surface area contributed by atoms with Crippen molar-refractivity contribution in [3.63, 3.8) is 0 Å². The fraction of sp³-hybridized carbons (Fsp3) is 0.567. The van der Waals surface area contributed by atoms with E-state index in [4.69, 9.17) is 0 Å². The lowest BCUT2D eigenvalue weighted by atomic mass is 9.73. The van der Waals surface area contributed by atoms with Crippen LogP contribution in [0.5, 0.6) is 0 Å². The molecule has 44 heavy (non-hydrogen) atoms. The number of alkyl halides is 7. The van der Waals surface area contributed by atoms with Gasteiger partial charge in [0.05, 0.1) is 15.5 Å². The number of rotatable bonds is 5. The number of carbonyl (C=O) groups is 1. The van der Waals surface area contributed by atoms with Crippen LogP contribution in [0.4, 0.5) is 35.1 Å². The van der Waals surface area contributed by atoms with Crippen molar-refractivity contribution in [2.75, 3.05) is 11.5 Å². The highest BCUT2D eigenvalue weighted by atomic mass is 32.2. The Hall–Kier alpha value is -2.35. The smallest absolute Gasteiger partial charge is 0.353 e. The predicted molar refractivity (Wildman–Crippen MR) is 151 cm³/mol. The Labute approximate surface area is 255 Å². The van der Waals surface area contributed by atoms with Gasteiger partial charge in [-0.1, -0.05) is 32.0 Å². The van der Waals surface area contributed by atoms with E-state index in [1.54, 1.807) is 0 Å². The van der Waals surface area contributed by atoms with Crippen molar-refractivity contribution in [2.45, 2.75) is 86.1 Å². The van der Waals surface area contributed by atoms with Crippen LogP contribution in [0.3, 0.4) is 0 Å². The molecule has 1 aliphatic heterocycles. The molecule has 0 radical (unpaired) electrons. The second-order valence-electron chi connectivity index (χ2n) is 11.1. The fourth-order valence-electron chi connectivity index (χ4n) is 6.70. The van der Waals surface area contributed by atoms with Crippen molar-refractivity contribution in [3.05, 3.63) is 65.0 Å². The van der Waals surface area contributed by atoms with Gasteiger partial charge in [0, 0.05) is 50.6 Å². The molecule has 1 saturated heterocycles. The molecule has 2 unspecified atom stereocenters. The molecule has 1 heterocycles. The van der Waals surface area contributed by atoms with E-state index in [1.165, 1.54) is 12.1 Å². The first-order valence-corrected chi connectivity index (χ1v) is 17.0. The molecule has 0 bridgehead atoms. The minimum absolute atomic E-state index is 0.0106. The molecule has 1 saturated carbocycles. The van der Waals surface area contributed by atoms with Gasteiger partial charge in [0.15, 0.2) is 0 Å². The number of amides is 1. The van der Waals surface area contributed by atoms with Gasteiger partial charge in [0.25, 0.3) is 0 Å². The second-order valence-corrected chi connectivity index (χ2v) is 14.5. The number of nitrogens with one attached hydrogen (secondary N) is 1. The van der Waals surface area contributed by atoms with Gasteiger partial charge in [-0.05, 0) is 73.9 Å². The molecular weight excluding hydrogens is 638 g/mol. The predicted octanol–water partition coefficient (Wildman–Crippen LogP) is 7.14. The van der Waals surface area contributed by atoms with E-state index in [9.17, 15) is 48.3 Å². The van der Waals surface area contributed by atoms with Gasteiger partial charge in [-0.3, -0.25) is 13.2 Å². The third kappa shape index (κ3) is 5.96. The quantitative estimate of drug-likeness (QED) is 0.344. The summed E-state index contributed by atoms with van der Waals surface area (Å²) in [5, 5.41) is 3.02. The zero-order chi connectivity index (χ0) is 32.7. The van der Waals surface area contributed by atoms with E-state index in [2.05, 4.69) is 5.32 Å². The summed E-state index contributed by atoms with van der Waals surface area (Å²) >= 11 is 0. The Balaban J connectivity index is 0.00000216. The Morgan fingerprint density at radius 3 is 2.07 bits per heavy atom. The van der Waals surface area contributed by atoms with Crippen LogP contribution in [-0.4, -0.2) is 44.2 Å². The van der Waals surface area contributed by atoms with Crippen LogP contribution in [0.15, 0.2) is 47.4 Å². The van der Waals surface area contributed by atoms with Crippen LogP contribution < -0.4 is 5.32 Å². The van der Waals surface area contributed by atoms with E-state index in [0.717, 1.165) is 18.2 Å². The maximum absolute atomic E-state index is 14.9. The molecule has 14 heteroatoms. The first kappa shape index (κ1) is 34.5. The van der Waals surface area contributed by atoms with Crippen LogP contribution in [0.1, 0.15) is 62.6 Å². The minimum Gasteiger partial charge on any atom is -0.353 e. The summed E-state index contributed by atoms with van der Waals surface area (Å²) in [4.78, 5) is 13.3. The fourth-order valence-corrected chi connectivity index (χ4v) is 10.1. The Kier molecular flexibility index (Phi) is 10.0. The maximum Gasteiger partial charge on any atom is 0.435 e. The third-order valence-electron chi connectivity index (χ3n) is 8.82. The van der Waals surface area contributed by atoms with E-state index < -0.39 is 67.7 Å². The lowest BCUT2D eigenvalue weighted by Crippen LogP contribution is -2.51. The molecule has 5 rings (SSSR count). The topological polar surface area (TPSA) is 63.2 Å². The van der Waals surface area contributed by atoms with Gasteiger partial charge in [-0.2, -0.15) is 26.3 Å². The average molecular weight is 672 g/mol. The standard InChI is InChI=1S/C28H27F8NO3S2.C2H6/c29-19-3-5-20(6-4-19)42(40)25-12-9-23(37-24(38)16-10-13-41(39)14-11-16)22(25)7-1-17-15-18(2-8-21(17)25)26(30,27(31,32)33)28(34,35)36;1-2/h2-6,8,15-16,22-23H,1,7,9-14H2,(H,37,38);1-2H3/t16?,22?,23-,25-,41?,42?;/m1./s1. The van der Waals surface area contributed by atoms with Crippen molar-refractivity contribution in [2.24, 2.45) is 11.8 Å². The van der Waals surface area contributed by atoms with Crippen LogP contribution in [0.25, 0.3) is 0 Å². The Bertz CT molecular complexity index is 1390. The highest BCUT2D eigenvalue weighted by Gasteiger charge is 2.73. The monoisotopic (exact) mass is 671 g/mol. The number of fused-ring (bicyclic) bond motifs is 3. The normalized spacial score (nSPS) is 27.8. The Morgan fingerprint density at radius 2 is 1.50 bits per heavy atom. The minimum atomic E-state index is -6.28. The molecule has 2 aromatic rings. The highest BCUT2D eigenvalue weighted by molar-refractivity contribution is 7.86. The lowest BCUT2D eigenvalue weighted by Gasteiger charge is -2.43. The number of aryl methyl sites for hydroxylation is 1. The van der Waals surface area contributed by atoms with E-state index >= 15 is 0 Å². The summed E-state index contributed by atoms with van der Waals surface area (Å²) in [5.41, 5.74) is -6.98. The largest absolute Gasteiger partial charge is 0.435 e. The zero-order valence-electron chi connectivity index (χ0n) is 24.0. The van der Waals surface area contributed by atoms with Gasteiger partial charge in [0.1, 0.15) is 5.82 Å². The highest BCUT2D eigenvalue weighted by Crippen LogP contribution is 2.58. The van der Waals surface area contributed by atoms with Crippen molar-refractivity contribution < 1.29 is 48.3 Å². The summed E-state index contributed by atoms with van der Waals surface area (Å²) in [7, 11) is -2.95. The summed E-state index contributed by atoms with van der Waals surface area (Å²) in [6.45, 7) is 4.00. The van der Waals surface area contributed by atoms with Gasteiger partial charge in [-0.25, -0.2) is 8.78 Å². The molecule has 2 fully saturated rings. The van der Waals surface area contributed by atoms with E-state index in [0.29, 0.717) is 42.9 Å². The van der Waals surface area contributed by atoms with Gasteiger partial charge >= 0.3 is 18.0 Å². The number of hydrogen-bond donors (Lipinski definition) is 1. The van der Waals surface area contributed by atoms with Gasteiger partial charge in [-0.15, -0.1) is 0 Å². The number of carbonyl (C=O) groups excluding carboxylic acids is 1. The first-order chi connectivity index (χ1) is 20.6. The number of benzene rings is 2. The second kappa shape index (κ2) is 12.8. The molecule has 244 valence electrons. The average Bonchev–Trinajstić information content (AvgIpc) is 3.36. The summed E-state index contributed by atoms with van der Waals surface area (Å²) in [5.74, 6) is -0.940. The van der Waals surface area contributed by atoms with Crippen LogP contribution in [0, 0.1) is 17.7 Å². The number of halogens is 8. The van der Waals surface area contributed by atoms with Crippen molar-refractivity contribution in [3.8, 4) is 0 Å². The van der Waals surface area contributed by atoms with Gasteiger partial charge < -0.3 is 5.32 Å². The van der Waals surface area contributed by atoms with Crippen LogP contribution >= 0.6 is 0 Å². The molecule has 4 nitrogen and oxygen atoms in total. The molecule has 0 aromatic heterocycles. The van der Waals surface area contributed by atoms with Crippen LogP contribution in [-0.2, 0) is 43.2 Å². The summed E-state index contributed by atoms with van der Waals surface area (Å²) in [6.07, 6.45) is -11.1. The Morgan fingerprint density at radius 1 is 0.909 bits per heavy atom. The van der Waals surface area contributed by atoms with E-state index in [1.807, 2.05) is 13.8 Å². The molecular formula is C30H33F8NO3S2. The van der Waals surface area contributed by atoms with Crippen LogP contribution in [0.2, 0.25) is 0 Å². The molecule has 0 spiro atoms. The molecule has 4 atom stereocenters. The maximum atomic E-state index is 14.9. The lowest BCUT2D eigenvalue weighted by molar-refractivity contribution is -0.348. The van der Waals surface area contributed by atoms with Gasteiger partial charge in [0.2, 0.25) is 5.91 Å².